The van der Waals surface area contributed by atoms with E-state index in [2.05, 4.69) is 4.98 Å². The number of benzene rings is 2. The number of aryl methyl sites for hydroxylation is 1. The molecule has 0 amide bonds. The monoisotopic (exact) mass is 384 g/mol. The Morgan fingerprint density at radius 1 is 1.07 bits per heavy atom. The summed E-state index contributed by atoms with van der Waals surface area (Å²) in [5.41, 5.74) is 3.29. The van der Waals surface area contributed by atoms with Gasteiger partial charge in [-0.2, -0.15) is 0 Å². The number of nitrogens with zero attached hydrogens (tertiary/aromatic N) is 2. The largest absolute Gasteiger partial charge is 0.497 e. The van der Waals surface area contributed by atoms with Gasteiger partial charge in [0.2, 0.25) is 0 Å². The third kappa shape index (κ3) is 4.57. The van der Waals surface area contributed by atoms with Crippen LogP contribution in [0.3, 0.4) is 0 Å². The molecule has 27 heavy (non-hydrogen) atoms. The van der Waals surface area contributed by atoms with Crippen LogP contribution in [0.5, 0.6) is 5.75 Å². The number of halogens is 1. The van der Waals surface area contributed by atoms with Crippen molar-refractivity contribution >= 4 is 11.8 Å². The molecule has 0 atom stereocenters. The van der Waals surface area contributed by atoms with Crippen molar-refractivity contribution in [3.8, 4) is 5.75 Å². The molecule has 140 valence electrons. The highest BCUT2D eigenvalue weighted by molar-refractivity contribution is 7.98. The van der Waals surface area contributed by atoms with Gasteiger partial charge in [0.1, 0.15) is 11.6 Å². The maximum atomic E-state index is 13.1. The molecule has 0 saturated heterocycles. The van der Waals surface area contributed by atoms with Crippen molar-refractivity contribution in [2.24, 2.45) is 7.05 Å². The van der Waals surface area contributed by atoms with Crippen LogP contribution in [0, 0.1) is 12.7 Å². The van der Waals surface area contributed by atoms with Crippen molar-refractivity contribution in [3.05, 3.63) is 87.1 Å². The summed E-state index contributed by atoms with van der Waals surface area (Å²) < 4.78 is 19.8. The Balaban J connectivity index is 1.79. The quantitative estimate of drug-likeness (QED) is 0.474. The number of hydrogen-bond acceptors (Lipinski definition) is 4. The number of rotatable bonds is 6. The number of thioether (sulfide) groups is 1. The van der Waals surface area contributed by atoms with Crippen molar-refractivity contribution in [1.82, 2.24) is 9.55 Å². The third-order valence-corrected chi connectivity index (χ3v) is 5.47. The van der Waals surface area contributed by atoms with Gasteiger partial charge in [0.05, 0.1) is 7.11 Å². The minimum atomic E-state index is -0.285. The Kier molecular flexibility index (Phi) is 5.96. The van der Waals surface area contributed by atoms with E-state index in [1.807, 2.05) is 31.2 Å². The van der Waals surface area contributed by atoms with Gasteiger partial charge in [0, 0.05) is 30.5 Å². The van der Waals surface area contributed by atoms with Crippen LogP contribution in [0.15, 0.2) is 58.5 Å². The van der Waals surface area contributed by atoms with Gasteiger partial charge in [-0.3, -0.25) is 9.36 Å². The molecule has 0 aliphatic heterocycles. The first-order valence-corrected chi connectivity index (χ1v) is 9.53. The second kappa shape index (κ2) is 8.39. The van der Waals surface area contributed by atoms with Gasteiger partial charge in [-0.05, 0) is 42.3 Å². The summed E-state index contributed by atoms with van der Waals surface area (Å²) in [6, 6.07) is 14.0. The van der Waals surface area contributed by atoms with Crippen molar-refractivity contribution in [2.75, 3.05) is 7.11 Å². The van der Waals surface area contributed by atoms with Gasteiger partial charge in [0.25, 0.3) is 5.56 Å². The molecule has 1 aromatic heterocycles. The molecular weight excluding hydrogens is 363 g/mol. The van der Waals surface area contributed by atoms with Crippen LogP contribution in [0.4, 0.5) is 4.39 Å². The summed E-state index contributed by atoms with van der Waals surface area (Å²) in [4.78, 5) is 17.4. The summed E-state index contributed by atoms with van der Waals surface area (Å²) in [5.74, 6) is 1.24. The first-order chi connectivity index (χ1) is 13.0. The molecule has 0 radical (unpaired) electrons. The maximum absolute atomic E-state index is 13.1. The molecule has 0 spiro atoms. The van der Waals surface area contributed by atoms with E-state index in [1.54, 1.807) is 30.9 Å². The van der Waals surface area contributed by atoms with E-state index in [4.69, 9.17) is 4.74 Å². The molecule has 0 bridgehead atoms. The molecule has 3 rings (SSSR count). The van der Waals surface area contributed by atoms with Crippen LogP contribution in [-0.4, -0.2) is 16.7 Å². The Morgan fingerprint density at radius 2 is 1.70 bits per heavy atom. The predicted molar refractivity (Wildman–Crippen MR) is 106 cm³/mol. The summed E-state index contributed by atoms with van der Waals surface area (Å²) in [7, 11) is 3.37. The summed E-state index contributed by atoms with van der Waals surface area (Å²) in [6.45, 7) is 1.84. The SMILES string of the molecule is COc1ccc(CSc2nc(C)c(Cc3ccc(F)cc3)c(=O)n2C)cc1. The van der Waals surface area contributed by atoms with Crippen molar-refractivity contribution in [2.45, 2.75) is 24.3 Å². The Bertz CT molecular complexity index is 983. The highest BCUT2D eigenvalue weighted by Crippen LogP contribution is 2.22. The van der Waals surface area contributed by atoms with Crippen LogP contribution in [0.1, 0.15) is 22.4 Å². The van der Waals surface area contributed by atoms with Crippen LogP contribution >= 0.6 is 11.8 Å². The van der Waals surface area contributed by atoms with Crippen LogP contribution in [0.2, 0.25) is 0 Å². The molecule has 0 aliphatic rings. The fraction of sp³-hybridized carbons (Fsp3) is 0.238. The smallest absolute Gasteiger partial charge is 0.257 e. The lowest BCUT2D eigenvalue weighted by molar-refractivity contribution is 0.414. The Labute approximate surface area is 162 Å². The van der Waals surface area contributed by atoms with Crippen LogP contribution in [0.25, 0.3) is 0 Å². The Hall–Kier alpha value is -2.60. The van der Waals surface area contributed by atoms with Crippen molar-refractivity contribution < 1.29 is 9.13 Å². The zero-order valence-electron chi connectivity index (χ0n) is 15.5. The highest BCUT2D eigenvalue weighted by Gasteiger charge is 2.13. The molecule has 0 saturated carbocycles. The molecule has 0 aliphatic carbocycles. The molecule has 1 heterocycles. The van der Waals surface area contributed by atoms with Crippen LogP contribution in [-0.2, 0) is 19.2 Å². The third-order valence-electron chi connectivity index (χ3n) is 4.37. The average Bonchev–Trinajstić information content (AvgIpc) is 2.69. The van der Waals surface area contributed by atoms with Crippen molar-refractivity contribution in [3.63, 3.8) is 0 Å². The summed E-state index contributed by atoms with van der Waals surface area (Å²) in [6.07, 6.45) is 0.440. The zero-order valence-corrected chi connectivity index (χ0v) is 16.3. The topological polar surface area (TPSA) is 44.1 Å². The Morgan fingerprint density at radius 3 is 2.33 bits per heavy atom. The predicted octanol–water partition coefficient (Wildman–Crippen LogP) is 4.12. The lowest BCUT2D eigenvalue weighted by Gasteiger charge is -2.12. The number of aromatic nitrogens is 2. The van der Waals surface area contributed by atoms with E-state index < -0.39 is 0 Å². The van der Waals surface area contributed by atoms with E-state index >= 15 is 0 Å². The number of ether oxygens (including phenoxy) is 1. The minimum Gasteiger partial charge on any atom is -0.497 e. The van der Waals surface area contributed by atoms with Gasteiger partial charge < -0.3 is 4.74 Å². The standard InChI is InChI=1S/C21H21FN2O2S/c1-14-19(12-15-4-8-17(22)9-5-15)20(25)24(2)21(23-14)27-13-16-6-10-18(26-3)11-7-16/h4-11H,12-13H2,1-3H3. The average molecular weight is 384 g/mol. The number of methoxy groups -OCH3 is 1. The van der Waals surface area contributed by atoms with E-state index in [1.165, 1.54) is 23.9 Å². The maximum Gasteiger partial charge on any atom is 0.257 e. The van der Waals surface area contributed by atoms with Gasteiger partial charge in [-0.15, -0.1) is 0 Å². The van der Waals surface area contributed by atoms with Gasteiger partial charge in [-0.1, -0.05) is 36.0 Å². The molecule has 2 aromatic carbocycles. The summed E-state index contributed by atoms with van der Waals surface area (Å²) in [5, 5.41) is 0.677. The second-order valence-corrected chi connectivity index (χ2v) is 7.21. The molecule has 0 fully saturated rings. The molecular formula is C21H21FN2O2S. The highest BCUT2D eigenvalue weighted by atomic mass is 32.2. The molecule has 0 N–H and O–H groups in total. The molecule has 4 nitrogen and oxygen atoms in total. The lowest BCUT2D eigenvalue weighted by Crippen LogP contribution is -2.25. The molecule has 6 heteroatoms. The normalized spacial score (nSPS) is 10.8. The van der Waals surface area contributed by atoms with Gasteiger partial charge in [-0.25, -0.2) is 9.37 Å². The fourth-order valence-corrected chi connectivity index (χ4v) is 3.70. The van der Waals surface area contributed by atoms with Crippen LogP contribution < -0.4 is 10.3 Å². The first-order valence-electron chi connectivity index (χ1n) is 8.54. The van der Waals surface area contributed by atoms with E-state index in [9.17, 15) is 9.18 Å². The number of hydrogen-bond donors (Lipinski definition) is 0. The van der Waals surface area contributed by atoms with E-state index in [0.717, 1.165) is 16.9 Å². The second-order valence-electron chi connectivity index (χ2n) is 6.26. The first kappa shape index (κ1) is 19.2. The van der Waals surface area contributed by atoms with Gasteiger partial charge in [0.15, 0.2) is 5.16 Å². The van der Waals surface area contributed by atoms with E-state index in [0.29, 0.717) is 28.6 Å². The summed E-state index contributed by atoms with van der Waals surface area (Å²) >= 11 is 1.52. The van der Waals surface area contributed by atoms with Gasteiger partial charge >= 0.3 is 0 Å². The van der Waals surface area contributed by atoms with Crippen molar-refractivity contribution in [1.29, 1.82) is 0 Å². The van der Waals surface area contributed by atoms with E-state index in [-0.39, 0.29) is 11.4 Å². The molecule has 0 unspecified atom stereocenters. The molecule has 3 aromatic rings. The lowest BCUT2D eigenvalue weighted by atomic mass is 10.1. The zero-order chi connectivity index (χ0) is 19.4. The fourth-order valence-electron chi connectivity index (χ4n) is 2.74. The minimum absolute atomic E-state index is 0.0657.